The number of hydrogen-bond acceptors (Lipinski definition) is 6. The van der Waals surface area contributed by atoms with E-state index in [2.05, 4.69) is 105 Å². The number of hydrogen-bond donors (Lipinski definition) is 1. The lowest BCUT2D eigenvalue weighted by Crippen LogP contribution is -2.50. The van der Waals surface area contributed by atoms with Gasteiger partial charge in [-0.15, -0.1) is 0 Å². The molecule has 0 amide bonds. The van der Waals surface area contributed by atoms with E-state index < -0.39 is 18.1 Å². The maximum atomic E-state index is 12.7. The van der Waals surface area contributed by atoms with Crippen LogP contribution in [0.25, 0.3) is 0 Å². The Hall–Kier alpha value is -3.75. The lowest BCUT2D eigenvalue weighted by Gasteiger charge is -2.31. The van der Waals surface area contributed by atoms with Gasteiger partial charge in [0.1, 0.15) is 6.61 Å². The Morgan fingerprint density at radius 2 is 1.03 bits per heavy atom. The van der Waals surface area contributed by atoms with Crippen LogP contribution < -0.4 is 0 Å². The van der Waals surface area contributed by atoms with Crippen molar-refractivity contribution in [2.24, 2.45) is 0 Å². The van der Waals surface area contributed by atoms with E-state index in [0.717, 1.165) is 89.9 Å². The average Bonchev–Trinajstić information content (AvgIpc) is 3.18. The molecule has 2 atom stereocenters. The molecule has 0 aromatic rings. The number of allylic oxidation sites excluding steroid dienone is 16. The minimum Gasteiger partial charge on any atom is -0.477 e. The van der Waals surface area contributed by atoms with Gasteiger partial charge in [-0.25, -0.2) is 4.79 Å². The molecule has 0 aromatic heterocycles. The molecule has 0 saturated heterocycles. The summed E-state index contributed by atoms with van der Waals surface area (Å²) in [6.45, 7) is 4.50. The van der Waals surface area contributed by atoms with Crippen molar-refractivity contribution in [2.75, 3.05) is 41.0 Å². The van der Waals surface area contributed by atoms with Crippen molar-refractivity contribution >= 4 is 17.9 Å². The number of carbonyl (C=O) groups excluding carboxylic acids is 2. The number of rotatable bonds is 38. The largest absolute Gasteiger partial charge is 0.477 e. The maximum Gasteiger partial charge on any atom is 0.362 e. The van der Waals surface area contributed by atoms with Crippen LogP contribution in [0, 0.1) is 0 Å². The molecule has 0 saturated carbocycles. The number of carbonyl (C=O) groups is 3. The van der Waals surface area contributed by atoms with Crippen LogP contribution in [-0.2, 0) is 28.6 Å². The van der Waals surface area contributed by atoms with Gasteiger partial charge in [-0.1, -0.05) is 150 Å². The summed E-state index contributed by atoms with van der Waals surface area (Å²) in [5, 5.41) is 9.62. The predicted molar refractivity (Wildman–Crippen MR) is 243 cm³/mol. The standard InChI is InChI=1S/C50H81NO7/c1-6-8-10-12-14-16-18-20-22-24-25-27-28-30-32-34-36-38-40-48(52)57-45-46(44-56-43-42-47(50(54)55)51(3,4)5)58-49(53)41-39-37-35-33-31-29-26-23-21-19-17-15-13-11-9-7-2/h9,11,14-18,20-25,27,29,31,46-47H,6-8,10,12-13,19,26,28,30,32-45H2,1-5H3/p+1/b11-9+,16-14+,17-15+,20-18+,23-21+,24-22+,27-25+,31-29+. The second kappa shape index (κ2) is 40.0. The topological polar surface area (TPSA) is 99.1 Å². The first-order valence-corrected chi connectivity index (χ1v) is 22.3. The minimum atomic E-state index is -0.889. The van der Waals surface area contributed by atoms with Gasteiger partial charge >= 0.3 is 17.9 Å². The summed E-state index contributed by atoms with van der Waals surface area (Å²) in [7, 11) is 5.49. The highest BCUT2D eigenvalue weighted by atomic mass is 16.6. The maximum absolute atomic E-state index is 12.7. The molecule has 2 unspecified atom stereocenters. The van der Waals surface area contributed by atoms with Gasteiger partial charge in [0.15, 0.2) is 12.1 Å². The summed E-state index contributed by atoms with van der Waals surface area (Å²) in [6.07, 6.45) is 53.0. The molecule has 1 N–H and O–H groups in total. The molecule has 0 spiro atoms. The number of unbranched alkanes of at least 4 members (excludes halogenated alkanes) is 11. The van der Waals surface area contributed by atoms with E-state index in [0.29, 0.717) is 19.3 Å². The third-order valence-electron chi connectivity index (χ3n) is 9.31. The van der Waals surface area contributed by atoms with Crippen molar-refractivity contribution in [3.8, 4) is 0 Å². The zero-order valence-electron chi connectivity index (χ0n) is 37.2. The number of carboxylic acids is 1. The van der Waals surface area contributed by atoms with E-state index in [-0.39, 0.29) is 42.7 Å². The van der Waals surface area contributed by atoms with Crippen LogP contribution in [0.5, 0.6) is 0 Å². The highest BCUT2D eigenvalue weighted by Crippen LogP contribution is 2.12. The normalized spacial score (nSPS) is 13.9. The number of ether oxygens (including phenoxy) is 3. The zero-order valence-corrected chi connectivity index (χ0v) is 37.2. The van der Waals surface area contributed by atoms with Crippen LogP contribution in [0.1, 0.15) is 149 Å². The Balaban J connectivity index is 4.47. The Labute approximate surface area is 354 Å². The van der Waals surface area contributed by atoms with Gasteiger partial charge in [-0.2, -0.15) is 0 Å². The fourth-order valence-corrected chi connectivity index (χ4v) is 5.86. The third-order valence-corrected chi connectivity index (χ3v) is 9.31. The van der Waals surface area contributed by atoms with Gasteiger partial charge < -0.3 is 23.8 Å². The molecule has 0 fully saturated rings. The third kappa shape index (κ3) is 37.8. The molecule has 8 nitrogen and oxygen atoms in total. The Morgan fingerprint density at radius 1 is 0.552 bits per heavy atom. The predicted octanol–water partition coefficient (Wildman–Crippen LogP) is 12.3. The van der Waals surface area contributed by atoms with E-state index in [4.69, 9.17) is 14.2 Å². The van der Waals surface area contributed by atoms with Crippen molar-refractivity contribution in [1.29, 1.82) is 0 Å². The van der Waals surface area contributed by atoms with Crippen LogP contribution in [0.2, 0.25) is 0 Å². The molecule has 0 heterocycles. The van der Waals surface area contributed by atoms with Crippen LogP contribution in [-0.4, -0.2) is 80.6 Å². The molecule has 0 aliphatic rings. The Bertz CT molecular complexity index is 1260. The van der Waals surface area contributed by atoms with Crippen LogP contribution in [0.4, 0.5) is 0 Å². The van der Waals surface area contributed by atoms with E-state index in [1.807, 2.05) is 27.2 Å². The monoisotopic (exact) mass is 809 g/mol. The number of esters is 2. The molecular weight excluding hydrogens is 727 g/mol. The average molecular weight is 809 g/mol. The second-order valence-electron chi connectivity index (χ2n) is 15.7. The van der Waals surface area contributed by atoms with Gasteiger partial charge in [0, 0.05) is 19.3 Å². The summed E-state index contributed by atoms with van der Waals surface area (Å²) in [5.41, 5.74) is 0. The molecule has 0 radical (unpaired) electrons. The fourth-order valence-electron chi connectivity index (χ4n) is 5.86. The van der Waals surface area contributed by atoms with E-state index >= 15 is 0 Å². The summed E-state index contributed by atoms with van der Waals surface area (Å²) in [5.74, 6) is -1.55. The Kier molecular flexibility index (Phi) is 37.5. The van der Waals surface area contributed by atoms with Crippen LogP contribution >= 0.6 is 0 Å². The van der Waals surface area contributed by atoms with Crippen LogP contribution in [0.15, 0.2) is 97.2 Å². The quantitative estimate of drug-likeness (QED) is 0.0218. The Morgan fingerprint density at radius 3 is 1.60 bits per heavy atom. The van der Waals surface area contributed by atoms with Gasteiger partial charge in [0.05, 0.1) is 34.4 Å². The summed E-state index contributed by atoms with van der Waals surface area (Å²) >= 11 is 0. The SMILES string of the molecule is CC/C=C/C/C=C/C/C=C/C/C=C/CCCCCC(=O)OC(COCCC(C(=O)O)[N+](C)(C)C)COC(=O)CCCCCCC/C=C/C=C/C=C/C=C/CCCCC. The first-order valence-electron chi connectivity index (χ1n) is 22.3. The molecule has 0 bridgehead atoms. The number of carboxylic acid groups (broad SMARTS) is 1. The van der Waals surface area contributed by atoms with E-state index in [1.165, 1.54) is 19.3 Å². The molecule has 0 aliphatic carbocycles. The summed E-state index contributed by atoms with van der Waals surface area (Å²) in [6, 6.07) is -0.630. The van der Waals surface area contributed by atoms with Crippen LogP contribution in [0.3, 0.4) is 0 Å². The van der Waals surface area contributed by atoms with E-state index in [1.54, 1.807) is 0 Å². The second-order valence-corrected chi connectivity index (χ2v) is 15.7. The lowest BCUT2D eigenvalue weighted by molar-refractivity contribution is -0.887. The van der Waals surface area contributed by atoms with Crippen molar-refractivity contribution in [1.82, 2.24) is 0 Å². The number of quaternary nitrogens is 1. The highest BCUT2D eigenvalue weighted by molar-refractivity contribution is 5.72. The highest BCUT2D eigenvalue weighted by Gasteiger charge is 2.31. The molecule has 58 heavy (non-hydrogen) atoms. The molecule has 0 aromatic carbocycles. The lowest BCUT2D eigenvalue weighted by atomic mass is 10.1. The van der Waals surface area contributed by atoms with Crippen molar-refractivity contribution < 1.29 is 38.2 Å². The molecule has 0 aliphatic heterocycles. The number of likely N-dealkylation sites (N-methyl/N-ethyl adjacent to an activating group) is 1. The minimum absolute atomic E-state index is 0.0335. The van der Waals surface area contributed by atoms with Gasteiger partial charge in [-0.3, -0.25) is 9.59 Å². The number of aliphatic carboxylic acids is 1. The first kappa shape index (κ1) is 54.2. The van der Waals surface area contributed by atoms with Gasteiger partial charge in [-0.05, 0) is 77.0 Å². The molecule has 8 heteroatoms. The van der Waals surface area contributed by atoms with E-state index in [9.17, 15) is 19.5 Å². The van der Waals surface area contributed by atoms with Gasteiger partial charge in [0.25, 0.3) is 0 Å². The van der Waals surface area contributed by atoms with Crippen molar-refractivity contribution in [2.45, 2.75) is 161 Å². The smallest absolute Gasteiger partial charge is 0.362 e. The van der Waals surface area contributed by atoms with Crippen molar-refractivity contribution in [3.63, 3.8) is 0 Å². The summed E-state index contributed by atoms with van der Waals surface area (Å²) < 4.78 is 17.2. The number of nitrogens with zero attached hydrogens (tertiary/aromatic N) is 1. The van der Waals surface area contributed by atoms with Crippen molar-refractivity contribution in [3.05, 3.63) is 97.2 Å². The fraction of sp³-hybridized carbons (Fsp3) is 0.620. The molecular formula is C50H82NO7+. The van der Waals surface area contributed by atoms with Gasteiger partial charge in [0.2, 0.25) is 0 Å². The zero-order chi connectivity index (χ0) is 42.8. The first-order chi connectivity index (χ1) is 28.1. The summed E-state index contributed by atoms with van der Waals surface area (Å²) in [4.78, 5) is 37.0. The molecule has 0 rings (SSSR count). The molecule has 328 valence electrons.